The molecule has 0 saturated carbocycles. The predicted octanol–water partition coefficient (Wildman–Crippen LogP) is 1.99. The highest BCUT2D eigenvalue weighted by atomic mass is 35.5. The normalized spacial score (nSPS) is 10.6. The molecular formula is C13H15ClN4O2. The molecule has 0 atom stereocenters. The van der Waals surface area contributed by atoms with E-state index in [-0.39, 0.29) is 5.56 Å². The van der Waals surface area contributed by atoms with Gasteiger partial charge in [0.25, 0.3) is 0 Å². The van der Waals surface area contributed by atoms with Crippen LogP contribution in [-0.4, -0.2) is 27.7 Å². The summed E-state index contributed by atoms with van der Waals surface area (Å²) >= 11 is 6.14. The molecule has 0 radical (unpaired) electrons. The van der Waals surface area contributed by atoms with Gasteiger partial charge in [0.2, 0.25) is 0 Å². The third-order valence-corrected chi connectivity index (χ3v) is 3.29. The van der Waals surface area contributed by atoms with Crippen molar-refractivity contribution in [2.75, 3.05) is 17.7 Å². The number of carboxylic acids is 1. The third-order valence-electron chi connectivity index (χ3n) is 3.00. The first-order valence-electron chi connectivity index (χ1n) is 5.89. The predicted molar refractivity (Wildman–Crippen MR) is 78.1 cm³/mol. The molecule has 2 rings (SSSR count). The minimum Gasteiger partial charge on any atom is -0.478 e. The number of anilines is 2. The highest BCUT2D eigenvalue weighted by Gasteiger charge is 2.19. The summed E-state index contributed by atoms with van der Waals surface area (Å²) in [7, 11) is 3.64. The molecular weight excluding hydrogens is 280 g/mol. The maximum absolute atomic E-state index is 11.3. The summed E-state index contributed by atoms with van der Waals surface area (Å²) in [5.74, 6) is -0.266. The molecule has 7 heteroatoms. The zero-order valence-corrected chi connectivity index (χ0v) is 11.9. The zero-order chi connectivity index (χ0) is 14.9. The Balaban J connectivity index is 2.41. The smallest absolute Gasteiger partial charge is 0.337 e. The lowest BCUT2D eigenvalue weighted by Gasteiger charge is -2.22. The van der Waals surface area contributed by atoms with E-state index in [1.807, 2.05) is 17.8 Å². The van der Waals surface area contributed by atoms with Gasteiger partial charge in [-0.1, -0.05) is 11.6 Å². The van der Waals surface area contributed by atoms with Gasteiger partial charge < -0.3 is 20.3 Å². The molecule has 20 heavy (non-hydrogen) atoms. The largest absolute Gasteiger partial charge is 0.478 e. The molecule has 0 unspecified atom stereocenters. The average Bonchev–Trinajstić information content (AvgIpc) is 2.73. The van der Waals surface area contributed by atoms with Gasteiger partial charge in [0.1, 0.15) is 5.82 Å². The molecule has 1 aromatic heterocycles. The van der Waals surface area contributed by atoms with E-state index < -0.39 is 5.97 Å². The van der Waals surface area contributed by atoms with Crippen LogP contribution in [0.2, 0.25) is 5.02 Å². The van der Waals surface area contributed by atoms with E-state index in [2.05, 4.69) is 4.98 Å². The molecule has 106 valence electrons. The van der Waals surface area contributed by atoms with Gasteiger partial charge in [0.05, 0.1) is 22.8 Å². The molecule has 0 spiro atoms. The molecule has 3 N–H and O–H groups in total. The lowest BCUT2D eigenvalue weighted by Crippen LogP contribution is -2.22. The first-order chi connectivity index (χ1) is 9.40. The molecule has 0 aliphatic heterocycles. The number of aromatic nitrogens is 2. The van der Waals surface area contributed by atoms with E-state index >= 15 is 0 Å². The average molecular weight is 295 g/mol. The fraction of sp³-hybridized carbons (Fsp3) is 0.231. The second-order valence-electron chi connectivity index (χ2n) is 4.51. The van der Waals surface area contributed by atoms with E-state index in [9.17, 15) is 9.90 Å². The highest BCUT2D eigenvalue weighted by molar-refractivity contribution is 6.34. The number of aryl methyl sites for hydroxylation is 1. The van der Waals surface area contributed by atoms with E-state index in [4.69, 9.17) is 17.3 Å². The van der Waals surface area contributed by atoms with E-state index in [0.29, 0.717) is 22.9 Å². The maximum atomic E-state index is 11.3. The van der Waals surface area contributed by atoms with Gasteiger partial charge in [0.15, 0.2) is 0 Å². The molecule has 2 aromatic rings. The molecule has 0 aliphatic rings. The number of hydrogen-bond donors (Lipinski definition) is 2. The SMILES string of the molecule is CN(Cc1nccn1C)c1c(Cl)cc(N)cc1C(=O)O. The Morgan fingerprint density at radius 1 is 1.55 bits per heavy atom. The summed E-state index contributed by atoms with van der Waals surface area (Å²) in [6.45, 7) is 0.438. The van der Waals surface area contributed by atoms with Crippen molar-refractivity contribution in [2.24, 2.45) is 7.05 Å². The number of carboxylic acid groups (broad SMARTS) is 1. The third kappa shape index (κ3) is 2.70. The molecule has 0 amide bonds. The van der Waals surface area contributed by atoms with Crippen molar-refractivity contribution < 1.29 is 9.90 Å². The van der Waals surface area contributed by atoms with E-state index in [0.717, 1.165) is 5.82 Å². The van der Waals surface area contributed by atoms with Crippen molar-refractivity contribution >= 4 is 28.9 Å². The zero-order valence-electron chi connectivity index (χ0n) is 11.2. The summed E-state index contributed by atoms with van der Waals surface area (Å²) in [5.41, 5.74) is 6.47. The molecule has 0 saturated heterocycles. The van der Waals surface area contributed by atoms with Crippen LogP contribution in [0.5, 0.6) is 0 Å². The number of benzene rings is 1. The Morgan fingerprint density at radius 2 is 2.25 bits per heavy atom. The molecule has 0 fully saturated rings. The second kappa shape index (κ2) is 5.42. The Labute approximate surface area is 121 Å². The Morgan fingerprint density at radius 3 is 2.80 bits per heavy atom. The van der Waals surface area contributed by atoms with Crippen LogP contribution in [0, 0.1) is 0 Å². The van der Waals surface area contributed by atoms with Crippen LogP contribution in [0.3, 0.4) is 0 Å². The van der Waals surface area contributed by atoms with Crippen LogP contribution >= 0.6 is 11.6 Å². The Kier molecular flexibility index (Phi) is 3.85. The van der Waals surface area contributed by atoms with Gasteiger partial charge in [-0.3, -0.25) is 0 Å². The number of nitrogens with zero attached hydrogens (tertiary/aromatic N) is 3. The minimum absolute atomic E-state index is 0.0757. The summed E-state index contributed by atoms with van der Waals surface area (Å²) in [5, 5.41) is 9.59. The highest BCUT2D eigenvalue weighted by Crippen LogP contribution is 2.32. The number of carbonyl (C=O) groups is 1. The van der Waals surface area contributed by atoms with Crippen LogP contribution in [0.4, 0.5) is 11.4 Å². The molecule has 0 bridgehead atoms. The number of nitrogens with two attached hydrogens (primary N) is 1. The van der Waals surface area contributed by atoms with Crippen molar-refractivity contribution in [1.29, 1.82) is 0 Å². The summed E-state index contributed by atoms with van der Waals surface area (Å²) in [6.07, 6.45) is 3.51. The van der Waals surface area contributed by atoms with Crippen LogP contribution in [0.1, 0.15) is 16.2 Å². The van der Waals surface area contributed by atoms with Crippen LogP contribution < -0.4 is 10.6 Å². The van der Waals surface area contributed by atoms with Gasteiger partial charge in [-0.05, 0) is 12.1 Å². The van der Waals surface area contributed by atoms with Gasteiger partial charge in [-0.15, -0.1) is 0 Å². The van der Waals surface area contributed by atoms with E-state index in [1.54, 1.807) is 18.1 Å². The number of aromatic carboxylic acids is 1. The van der Waals surface area contributed by atoms with Crippen molar-refractivity contribution in [3.8, 4) is 0 Å². The Hall–Kier alpha value is -2.21. The first kappa shape index (κ1) is 14.2. The van der Waals surface area contributed by atoms with Gasteiger partial charge in [-0.25, -0.2) is 9.78 Å². The first-order valence-corrected chi connectivity index (χ1v) is 6.27. The fourth-order valence-corrected chi connectivity index (χ4v) is 2.38. The van der Waals surface area contributed by atoms with Crippen LogP contribution in [0.25, 0.3) is 0 Å². The Bertz CT molecular complexity index is 654. The number of hydrogen-bond acceptors (Lipinski definition) is 4. The molecule has 6 nitrogen and oxygen atoms in total. The monoisotopic (exact) mass is 294 g/mol. The fourth-order valence-electron chi connectivity index (χ4n) is 2.01. The summed E-state index contributed by atoms with van der Waals surface area (Å²) in [4.78, 5) is 17.3. The topological polar surface area (TPSA) is 84.4 Å². The van der Waals surface area contributed by atoms with Crippen LogP contribution in [-0.2, 0) is 13.6 Å². The molecule has 1 aromatic carbocycles. The van der Waals surface area contributed by atoms with Gasteiger partial charge in [-0.2, -0.15) is 0 Å². The second-order valence-corrected chi connectivity index (χ2v) is 4.92. The van der Waals surface area contributed by atoms with E-state index in [1.165, 1.54) is 12.1 Å². The minimum atomic E-state index is -1.07. The number of rotatable bonds is 4. The van der Waals surface area contributed by atoms with Crippen molar-refractivity contribution in [2.45, 2.75) is 6.54 Å². The number of nitrogen functional groups attached to an aromatic ring is 1. The van der Waals surface area contributed by atoms with Crippen molar-refractivity contribution in [3.63, 3.8) is 0 Å². The lowest BCUT2D eigenvalue weighted by molar-refractivity contribution is 0.0697. The van der Waals surface area contributed by atoms with Gasteiger partial charge in [0, 0.05) is 32.2 Å². The number of imidazole rings is 1. The van der Waals surface area contributed by atoms with Crippen molar-refractivity contribution in [1.82, 2.24) is 9.55 Å². The quantitative estimate of drug-likeness (QED) is 0.843. The number of halogens is 1. The standard InChI is InChI=1S/C13H15ClN4O2/c1-17-4-3-16-11(17)7-18(2)12-9(13(19)20)5-8(15)6-10(12)14/h3-6H,7,15H2,1-2H3,(H,19,20). The summed E-state index contributed by atoms with van der Waals surface area (Å²) < 4.78 is 1.86. The van der Waals surface area contributed by atoms with Crippen LogP contribution in [0.15, 0.2) is 24.5 Å². The van der Waals surface area contributed by atoms with Gasteiger partial charge >= 0.3 is 5.97 Å². The summed E-state index contributed by atoms with van der Waals surface area (Å²) in [6, 6.07) is 2.94. The molecule has 0 aliphatic carbocycles. The lowest BCUT2D eigenvalue weighted by atomic mass is 10.1. The van der Waals surface area contributed by atoms with Crippen molar-refractivity contribution in [3.05, 3.63) is 40.9 Å². The maximum Gasteiger partial charge on any atom is 0.337 e. The molecule has 1 heterocycles.